The van der Waals surface area contributed by atoms with E-state index in [1.165, 1.54) is 5.69 Å². The molecule has 0 radical (unpaired) electrons. The van der Waals surface area contributed by atoms with Crippen LogP contribution in [0.3, 0.4) is 0 Å². The lowest BCUT2D eigenvalue weighted by Crippen LogP contribution is -3.10. The molecule has 1 aromatic rings. The van der Waals surface area contributed by atoms with Gasteiger partial charge in [0, 0.05) is 26.7 Å². The zero-order valence-electron chi connectivity index (χ0n) is 13.5. The third-order valence-corrected chi connectivity index (χ3v) is 3.71. The van der Waals surface area contributed by atoms with E-state index >= 15 is 0 Å². The SMILES string of the molecule is CN(C)c1ccc(C=N[NH+]2C=CC=CC2(C)Br)cc1.[O-][Cl+3]([O-])([O-])[O-]. The van der Waals surface area contributed by atoms with E-state index in [1.54, 1.807) is 0 Å². The second-order valence-corrected chi connectivity index (χ2v) is 7.70. The van der Waals surface area contributed by atoms with Crippen molar-refractivity contribution < 1.29 is 33.9 Å². The minimum atomic E-state index is -4.94. The van der Waals surface area contributed by atoms with Crippen molar-refractivity contribution in [3.05, 3.63) is 54.3 Å². The lowest BCUT2D eigenvalue weighted by atomic mass is 10.2. The first kappa shape index (κ1) is 20.8. The Morgan fingerprint density at radius 3 is 2.12 bits per heavy atom. The summed E-state index contributed by atoms with van der Waals surface area (Å²) in [6.45, 7) is 2.09. The van der Waals surface area contributed by atoms with Gasteiger partial charge >= 0.3 is 0 Å². The Bertz CT molecular complexity index is 604. The molecule has 0 aromatic heterocycles. The highest BCUT2D eigenvalue weighted by atomic mass is 79.9. The molecule has 9 heteroatoms. The van der Waals surface area contributed by atoms with Crippen molar-refractivity contribution in [1.82, 2.24) is 0 Å². The molecule has 0 bridgehead atoms. The molecule has 2 atom stereocenters. The Morgan fingerprint density at radius 2 is 1.67 bits per heavy atom. The van der Waals surface area contributed by atoms with Crippen molar-refractivity contribution in [3.63, 3.8) is 0 Å². The zero-order chi connectivity index (χ0) is 18.4. The standard InChI is InChI=1S/C15H18BrN3.ClHO4/c1-15(16)10-4-5-11-19(15)17-12-13-6-8-14(9-7-13)18(2)3;2-1(3,4)5/h4-12H,1-3H3;(H,2,3,4,5). The van der Waals surface area contributed by atoms with Crippen LogP contribution in [0.4, 0.5) is 5.69 Å². The summed E-state index contributed by atoms with van der Waals surface area (Å²) in [5.41, 5.74) is 2.29. The minimum absolute atomic E-state index is 0.179. The smallest absolute Gasteiger partial charge is 0.196 e. The summed E-state index contributed by atoms with van der Waals surface area (Å²) in [4.78, 5) is 2.08. The second kappa shape index (κ2) is 8.72. The van der Waals surface area contributed by atoms with Gasteiger partial charge in [0.15, 0.2) is 4.45 Å². The summed E-state index contributed by atoms with van der Waals surface area (Å²) in [5, 5.41) is 5.58. The maximum atomic E-state index is 8.49. The summed E-state index contributed by atoms with van der Waals surface area (Å²) >= 11 is 3.67. The van der Waals surface area contributed by atoms with Gasteiger partial charge in [-0.05, 0) is 45.8 Å². The number of halogens is 2. The molecule has 1 N–H and O–H groups in total. The van der Waals surface area contributed by atoms with Gasteiger partial charge in [-0.2, -0.15) is 5.01 Å². The number of hydrogen-bond donors (Lipinski definition) is 1. The van der Waals surface area contributed by atoms with Crippen LogP contribution in [0.2, 0.25) is 0 Å². The third-order valence-electron chi connectivity index (χ3n) is 3.04. The number of alkyl halides is 1. The fourth-order valence-corrected chi connectivity index (χ4v) is 2.19. The fraction of sp³-hybridized carbons (Fsp3) is 0.267. The number of benzene rings is 1. The number of nitrogens with one attached hydrogen (secondary N) is 1. The molecule has 1 aromatic carbocycles. The number of quaternary nitrogens is 1. The first-order chi connectivity index (χ1) is 11.0. The highest BCUT2D eigenvalue weighted by Gasteiger charge is 2.30. The van der Waals surface area contributed by atoms with Crippen LogP contribution in [0.5, 0.6) is 0 Å². The lowest BCUT2D eigenvalue weighted by molar-refractivity contribution is -2.00. The molecule has 1 aliphatic heterocycles. The maximum Gasteiger partial charge on any atom is 0.196 e. The van der Waals surface area contributed by atoms with Crippen LogP contribution in [0.15, 0.2) is 53.8 Å². The predicted molar refractivity (Wildman–Crippen MR) is 84.9 cm³/mol. The minimum Gasteiger partial charge on any atom is -0.378 e. The summed E-state index contributed by atoms with van der Waals surface area (Å²) in [6, 6.07) is 8.34. The van der Waals surface area contributed by atoms with E-state index in [1.807, 2.05) is 38.7 Å². The van der Waals surface area contributed by atoms with E-state index in [2.05, 4.69) is 63.2 Å². The van der Waals surface area contributed by atoms with E-state index in [-0.39, 0.29) is 4.45 Å². The second-order valence-electron chi connectivity index (χ2n) is 5.30. The number of hydrogen-bond acceptors (Lipinski definition) is 6. The first-order valence-electron chi connectivity index (χ1n) is 6.84. The summed E-state index contributed by atoms with van der Waals surface area (Å²) in [5.74, 6) is 0. The normalized spacial score (nSPS) is 23.1. The van der Waals surface area contributed by atoms with E-state index in [0.717, 1.165) is 10.6 Å². The monoisotopic (exact) mass is 419 g/mol. The van der Waals surface area contributed by atoms with Gasteiger partial charge in [0.1, 0.15) is 6.20 Å². The fourth-order valence-electron chi connectivity index (χ4n) is 1.80. The molecule has 2 unspecified atom stereocenters. The molecule has 1 aliphatic rings. The zero-order valence-corrected chi connectivity index (χ0v) is 15.8. The van der Waals surface area contributed by atoms with Gasteiger partial charge in [-0.1, -0.05) is 23.3 Å². The summed E-state index contributed by atoms with van der Waals surface area (Å²) in [7, 11) is -0.872. The number of rotatable bonds is 3. The molecule has 1 heterocycles. The van der Waals surface area contributed by atoms with Crippen molar-refractivity contribution >= 4 is 27.8 Å². The van der Waals surface area contributed by atoms with Gasteiger partial charge in [0.2, 0.25) is 0 Å². The van der Waals surface area contributed by atoms with Gasteiger partial charge in [-0.3, -0.25) is 0 Å². The van der Waals surface area contributed by atoms with Gasteiger partial charge in [0.05, 0.1) is 6.21 Å². The molecule has 7 nitrogen and oxygen atoms in total. The van der Waals surface area contributed by atoms with Crippen LogP contribution < -0.4 is 28.5 Å². The highest BCUT2D eigenvalue weighted by molar-refractivity contribution is 9.10. The number of allylic oxidation sites excluding steroid dienone is 2. The molecule has 24 heavy (non-hydrogen) atoms. The average Bonchev–Trinajstić information content (AvgIpc) is 2.44. The van der Waals surface area contributed by atoms with E-state index in [4.69, 9.17) is 18.6 Å². The highest BCUT2D eigenvalue weighted by Crippen LogP contribution is 2.13. The molecular weight excluding hydrogens is 402 g/mol. The van der Waals surface area contributed by atoms with Crippen molar-refractivity contribution in [2.45, 2.75) is 11.4 Å². The quantitative estimate of drug-likeness (QED) is 0.328. The van der Waals surface area contributed by atoms with Crippen LogP contribution in [0, 0.1) is 10.2 Å². The Morgan fingerprint density at radius 1 is 1.12 bits per heavy atom. The number of nitrogens with zero attached hydrogens (tertiary/aromatic N) is 2. The summed E-state index contributed by atoms with van der Waals surface area (Å²) < 4.78 is 33.8. The molecule has 0 amide bonds. The predicted octanol–water partition coefficient (Wildman–Crippen LogP) is -2.59. The van der Waals surface area contributed by atoms with Crippen LogP contribution in [-0.2, 0) is 0 Å². The Balaban J connectivity index is 0.000000505. The molecule has 0 saturated heterocycles. The lowest BCUT2D eigenvalue weighted by Gasteiger charge is -2.24. The Labute approximate surface area is 151 Å². The molecule has 0 fully saturated rings. The summed E-state index contributed by atoms with van der Waals surface area (Å²) in [6.07, 6.45) is 10.1. The largest absolute Gasteiger partial charge is 0.378 e. The van der Waals surface area contributed by atoms with Crippen molar-refractivity contribution in [1.29, 1.82) is 0 Å². The molecular formula is C15H19BrClN3O4. The molecule has 2 rings (SSSR count). The van der Waals surface area contributed by atoms with Crippen LogP contribution >= 0.6 is 15.9 Å². The van der Waals surface area contributed by atoms with Gasteiger partial charge in [-0.25, -0.2) is 18.6 Å². The van der Waals surface area contributed by atoms with E-state index < -0.39 is 10.2 Å². The Hall–Kier alpha value is -1.26. The molecule has 132 valence electrons. The van der Waals surface area contributed by atoms with Crippen LogP contribution in [0.1, 0.15) is 12.5 Å². The molecule has 0 aliphatic carbocycles. The van der Waals surface area contributed by atoms with Crippen molar-refractivity contribution in [2.75, 3.05) is 19.0 Å². The van der Waals surface area contributed by atoms with Crippen LogP contribution in [-0.4, -0.2) is 24.8 Å². The third kappa shape index (κ3) is 8.02. The van der Waals surface area contributed by atoms with Gasteiger partial charge in [-0.15, -0.1) is 10.2 Å². The average molecular weight is 421 g/mol. The number of anilines is 1. The van der Waals surface area contributed by atoms with E-state index in [9.17, 15) is 0 Å². The van der Waals surface area contributed by atoms with Crippen LogP contribution in [0.25, 0.3) is 0 Å². The Kier molecular flexibility index (Phi) is 7.56. The van der Waals surface area contributed by atoms with Crippen molar-refractivity contribution in [2.24, 2.45) is 5.10 Å². The topological polar surface area (TPSA) is 112 Å². The molecule has 0 saturated carbocycles. The van der Waals surface area contributed by atoms with Gasteiger partial charge in [0.25, 0.3) is 0 Å². The van der Waals surface area contributed by atoms with E-state index in [0.29, 0.717) is 0 Å². The first-order valence-corrected chi connectivity index (χ1v) is 8.87. The van der Waals surface area contributed by atoms with Gasteiger partial charge < -0.3 is 4.90 Å². The molecule has 0 spiro atoms. The van der Waals surface area contributed by atoms with Crippen molar-refractivity contribution in [3.8, 4) is 0 Å². The maximum absolute atomic E-state index is 8.49.